The van der Waals surface area contributed by atoms with Crippen molar-refractivity contribution in [3.8, 4) is 5.75 Å². The second kappa shape index (κ2) is 7.67. The normalized spacial score (nSPS) is 11.0. The number of ether oxygens (including phenoxy) is 2. The molecule has 0 atom stereocenters. The van der Waals surface area contributed by atoms with Gasteiger partial charge in [0.25, 0.3) is 10.0 Å². The maximum atomic E-state index is 12.4. The van der Waals surface area contributed by atoms with Crippen LogP contribution in [0.3, 0.4) is 0 Å². The molecule has 0 amide bonds. The Bertz CT molecular complexity index is 834. The minimum Gasteiger partial charge on any atom is -0.496 e. The highest BCUT2D eigenvalue weighted by Crippen LogP contribution is 2.28. The molecule has 0 radical (unpaired) electrons. The molecule has 2 rings (SSSR count). The van der Waals surface area contributed by atoms with E-state index >= 15 is 0 Å². The largest absolute Gasteiger partial charge is 0.496 e. The zero-order valence-electron chi connectivity index (χ0n) is 13.1. The van der Waals surface area contributed by atoms with E-state index in [0.29, 0.717) is 21.5 Å². The van der Waals surface area contributed by atoms with E-state index in [4.69, 9.17) is 9.47 Å². The molecule has 0 saturated carbocycles. The number of anilines is 1. The van der Waals surface area contributed by atoms with Gasteiger partial charge in [-0.15, -0.1) is 0 Å². The molecule has 8 heteroatoms. The molecule has 2 aromatic carbocycles. The van der Waals surface area contributed by atoms with Gasteiger partial charge >= 0.3 is 5.97 Å². The fourth-order valence-electron chi connectivity index (χ4n) is 1.91. The molecule has 0 spiro atoms. The van der Waals surface area contributed by atoms with Gasteiger partial charge in [-0.2, -0.15) is 0 Å². The van der Waals surface area contributed by atoms with Crippen LogP contribution in [0.4, 0.5) is 5.69 Å². The first-order chi connectivity index (χ1) is 11.4. The first-order valence-corrected chi connectivity index (χ1v) is 9.28. The first-order valence-electron chi connectivity index (χ1n) is 7.01. The van der Waals surface area contributed by atoms with Crippen molar-refractivity contribution in [3.05, 3.63) is 52.5 Å². The molecule has 0 aliphatic carbocycles. The summed E-state index contributed by atoms with van der Waals surface area (Å²) in [6, 6.07) is 10.5. The molecule has 0 aliphatic rings. The smallest absolute Gasteiger partial charge is 0.338 e. The van der Waals surface area contributed by atoms with Crippen LogP contribution in [0.25, 0.3) is 0 Å². The Morgan fingerprint density at radius 3 is 2.42 bits per heavy atom. The van der Waals surface area contributed by atoms with Crippen LogP contribution in [-0.4, -0.2) is 28.1 Å². The number of halogens is 1. The summed E-state index contributed by atoms with van der Waals surface area (Å²) in [6.45, 7) is 1.99. The average molecular weight is 414 g/mol. The predicted octanol–water partition coefficient (Wildman–Crippen LogP) is 3.44. The summed E-state index contributed by atoms with van der Waals surface area (Å²) < 4.78 is 37.9. The van der Waals surface area contributed by atoms with E-state index in [-0.39, 0.29) is 11.5 Å². The second-order valence-electron chi connectivity index (χ2n) is 4.70. The van der Waals surface area contributed by atoms with Crippen molar-refractivity contribution in [2.75, 3.05) is 18.4 Å². The molecule has 0 bridgehead atoms. The third-order valence-electron chi connectivity index (χ3n) is 3.08. The highest BCUT2D eigenvalue weighted by molar-refractivity contribution is 9.10. The summed E-state index contributed by atoms with van der Waals surface area (Å²) in [5.41, 5.74) is 0.690. The third-order valence-corrected chi connectivity index (χ3v) is 5.12. The van der Waals surface area contributed by atoms with Crippen molar-refractivity contribution >= 4 is 37.6 Å². The average Bonchev–Trinajstić information content (AvgIpc) is 2.55. The fourth-order valence-corrected chi connectivity index (χ4v) is 3.39. The number of rotatable bonds is 6. The summed E-state index contributed by atoms with van der Waals surface area (Å²) in [7, 11) is -2.32. The Kier molecular flexibility index (Phi) is 5.84. The third kappa shape index (κ3) is 4.27. The van der Waals surface area contributed by atoms with Crippen LogP contribution in [0.2, 0.25) is 0 Å². The van der Waals surface area contributed by atoms with Gasteiger partial charge < -0.3 is 9.47 Å². The molecule has 0 saturated heterocycles. The standard InChI is InChI=1S/C16H16BrNO5S/c1-3-23-16(19)11-4-6-12(7-5-11)18-24(20,21)13-8-9-14(17)15(10-13)22-2/h4-10,18H,3H2,1-2H3. The monoisotopic (exact) mass is 413 g/mol. The lowest BCUT2D eigenvalue weighted by Crippen LogP contribution is -2.13. The molecule has 0 fully saturated rings. The number of hydrogen-bond donors (Lipinski definition) is 1. The van der Waals surface area contributed by atoms with Gasteiger partial charge in [0.1, 0.15) is 5.75 Å². The van der Waals surface area contributed by atoms with Crippen LogP contribution in [0.5, 0.6) is 5.75 Å². The van der Waals surface area contributed by atoms with Gasteiger partial charge in [-0.1, -0.05) is 0 Å². The molecule has 0 aliphatic heterocycles. The van der Waals surface area contributed by atoms with Gasteiger partial charge in [0.05, 0.1) is 28.6 Å². The Labute approximate surface area is 149 Å². The second-order valence-corrected chi connectivity index (χ2v) is 7.24. The number of hydrogen-bond acceptors (Lipinski definition) is 5. The van der Waals surface area contributed by atoms with Crippen LogP contribution in [0, 0.1) is 0 Å². The van der Waals surface area contributed by atoms with Crippen molar-refractivity contribution in [2.45, 2.75) is 11.8 Å². The van der Waals surface area contributed by atoms with E-state index in [1.807, 2.05) is 0 Å². The number of carbonyl (C=O) groups excluding carboxylic acids is 1. The molecule has 1 N–H and O–H groups in total. The molecule has 24 heavy (non-hydrogen) atoms. The maximum Gasteiger partial charge on any atom is 0.338 e. The Morgan fingerprint density at radius 2 is 1.83 bits per heavy atom. The molecule has 2 aromatic rings. The topological polar surface area (TPSA) is 81.7 Å². The lowest BCUT2D eigenvalue weighted by Gasteiger charge is -2.10. The summed E-state index contributed by atoms with van der Waals surface area (Å²) >= 11 is 3.27. The van der Waals surface area contributed by atoms with Crippen molar-refractivity contribution in [2.24, 2.45) is 0 Å². The van der Waals surface area contributed by atoms with Gasteiger partial charge in [-0.25, -0.2) is 13.2 Å². The van der Waals surface area contributed by atoms with Gasteiger partial charge in [0.15, 0.2) is 0 Å². The molecular weight excluding hydrogens is 398 g/mol. The van der Waals surface area contributed by atoms with Gasteiger partial charge in [0, 0.05) is 11.8 Å². The lowest BCUT2D eigenvalue weighted by molar-refractivity contribution is 0.0526. The number of carbonyl (C=O) groups is 1. The van der Waals surface area contributed by atoms with E-state index < -0.39 is 16.0 Å². The van der Waals surface area contributed by atoms with E-state index in [1.54, 1.807) is 13.0 Å². The van der Waals surface area contributed by atoms with Crippen LogP contribution < -0.4 is 9.46 Å². The van der Waals surface area contributed by atoms with Gasteiger partial charge in [-0.05, 0) is 59.3 Å². The van der Waals surface area contributed by atoms with Crippen molar-refractivity contribution < 1.29 is 22.7 Å². The van der Waals surface area contributed by atoms with Crippen LogP contribution in [0.1, 0.15) is 17.3 Å². The minimum absolute atomic E-state index is 0.0667. The number of nitrogens with one attached hydrogen (secondary N) is 1. The molecule has 6 nitrogen and oxygen atoms in total. The summed E-state index contributed by atoms with van der Waals surface area (Å²) in [5, 5.41) is 0. The van der Waals surface area contributed by atoms with Crippen LogP contribution >= 0.6 is 15.9 Å². The Balaban J connectivity index is 2.21. The van der Waals surface area contributed by atoms with Crippen molar-refractivity contribution in [1.82, 2.24) is 0 Å². The van der Waals surface area contributed by atoms with Crippen LogP contribution in [0.15, 0.2) is 51.8 Å². The molecule has 0 unspecified atom stereocenters. The Morgan fingerprint density at radius 1 is 1.17 bits per heavy atom. The van der Waals surface area contributed by atoms with Crippen molar-refractivity contribution in [3.63, 3.8) is 0 Å². The van der Waals surface area contributed by atoms with Gasteiger partial charge in [0.2, 0.25) is 0 Å². The maximum absolute atomic E-state index is 12.4. The Hall–Kier alpha value is -2.06. The zero-order chi connectivity index (χ0) is 17.7. The van der Waals surface area contributed by atoms with E-state index in [1.165, 1.54) is 43.5 Å². The summed E-state index contributed by atoms with van der Waals surface area (Å²) in [5.74, 6) is -0.0416. The zero-order valence-corrected chi connectivity index (χ0v) is 15.5. The van der Waals surface area contributed by atoms with Crippen molar-refractivity contribution in [1.29, 1.82) is 0 Å². The quantitative estimate of drug-likeness (QED) is 0.733. The van der Waals surface area contributed by atoms with E-state index in [0.717, 1.165) is 0 Å². The molecule has 128 valence electrons. The number of esters is 1. The van der Waals surface area contributed by atoms with E-state index in [9.17, 15) is 13.2 Å². The molecular formula is C16H16BrNO5S. The first kappa shape index (κ1) is 18.3. The summed E-state index contributed by atoms with van der Waals surface area (Å²) in [4.78, 5) is 11.7. The predicted molar refractivity (Wildman–Crippen MR) is 93.9 cm³/mol. The number of methoxy groups -OCH3 is 1. The fraction of sp³-hybridized carbons (Fsp3) is 0.188. The van der Waals surface area contributed by atoms with Crippen LogP contribution in [-0.2, 0) is 14.8 Å². The summed E-state index contributed by atoms with van der Waals surface area (Å²) in [6.07, 6.45) is 0. The minimum atomic E-state index is -3.77. The number of sulfonamides is 1. The lowest BCUT2D eigenvalue weighted by atomic mass is 10.2. The molecule has 0 aromatic heterocycles. The SMILES string of the molecule is CCOC(=O)c1ccc(NS(=O)(=O)c2ccc(Br)c(OC)c2)cc1. The highest BCUT2D eigenvalue weighted by atomic mass is 79.9. The van der Waals surface area contributed by atoms with Gasteiger partial charge in [-0.3, -0.25) is 4.72 Å². The van der Waals surface area contributed by atoms with E-state index in [2.05, 4.69) is 20.7 Å². The highest BCUT2D eigenvalue weighted by Gasteiger charge is 2.16. The molecule has 0 heterocycles. The number of benzene rings is 2.